The Kier molecular flexibility index (Phi) is 5.46. The first-order valence-corrected chi connectivity index (χ1v) is 9.92. The lowest BCUT2D eigenvalue weighted by atomic mass is 9.96. The van der Waals surface area contributed by atoms with Crippen LogP contribution < -0.4 is 11.2 Å². The number of benzene rings is 1. The van der Waals surface area contributed by atoms with Gasteiger partial charge in [0.15, 0.2) is 5.82 Å². The second kappa shape index (κ2) is 7.67. The molecule has 0 saturated carbocycles. The van der Waals surface area contributed by atoms with Crippen LogP contribution >= 0.6 is 11.8 Å². The van der Waals surface area contributed by atoms with Crippen molar-refractivity contribution in [3.63, 3.8) is 0 Å². The zero-order chi connectivity index (χ0) is 20.5. The van der Waals surface area contributed by atoms with E-state index in [-0.39, 0.29) is 17.1 Å². The van der Waals surface area contributed by atoms with E-state index in [9.17, 15) is 4.79 Å². The van der Waals surface area contributed by atoms with Crippen molar-refractivity contribution in [1.82, 2.24) is 24.7 Å². The van der Waals surface area contributed by atoms with E-state index in [2.05, 4.69) is 20.6 Å². The van der Waals surface area contributed by atoms with Crippen LogP contribution in [-0.2, 0) is 10.2 Å². The molecule has 2 heterocycles. The fraction of sp³-hybridized carbons (Fsp3) is 0.368. The van der Waals surface area contributed by atoms with E-state index in [1.807, 2.05) is 69.6 Å². The number of para-hydroxylation sites is 1. The molecule has 0 aliphatic heterocycles. The molecule has 2 aromatic heterocycles. The third-order valence-electron chi connectivity index (χ3n) is 4.22. The first kappa shape index (κ1) is 19.9. The van der Waals surface area contributed by atoms with Gasteiger partial charge in [-0.15, -0.1) is 10.2 Å². The van der Waals surface area contributed by atoms with Gasteiger partial charge in [0.1, 0.15) is 0 Å². The number of anilines is 1. The van der Waals surface area contributed by atoms with E-state index < -0.39 is 0 Å². The van der Waals surface area contributed by atoms with E-state index in [4.69, 9.17) is 5.84 Å². The van der Waals surface area contributed by atoms with Crippen molar-refractivity contribution in [3.8, 4) is 5.69 Å². The lowest BCUT2D eigenvalue weighted by Gasteiger charge is -2.16. The summed E-state index contributed by atoms with van der Waals surface area (Å²) in [5.74, 6) is 6.77. The molecule has 0 saturated heterocycles. The number of aromatic nitrogens is 5. The van der Waals surface area contributed by atoms with Gasteiger partial charge in [-0.25, -0.2) is 9.36 Å². The topological polar surface area (TPSA) is 104 Å². The quantitative estimate of drug-likeness (QED) is 0.505. The summed E-state index contributed by atoms with van der Waals surface area (Å²) in [7, 11) is 0. The minimum absolute atomic E-state index is 0.149. The number of aryl methyl sites for hydroxylation is 1. The monoisotopic (exact) mass is 399 g/mol. The van der Waals surface area contributed by atoms with Crippen LogP contribution in [0.5, 0.6) is 0 Å². The Morgan fingerprint density at radius 3 is 2.46 bits per heavy atom. The Balaban J connectivity index is 1.70. The summed E-state index contributed by atoms with van der Waals surface area (Å²) >= 11 is 1.25. The lowest BCUT2D eigenvalue weighted by Crippen LogP contribution is -2.24. The molecule has 3 aromatic rings. The second-order valence-corrected chi connectivity index (χ2v) is 8.50. The van der Waals surface area contributed by atoms with Gasteiger partial charge >= 0.3 is 0 Å². The highest BCUT2D eigenvalue weighted by molar-refractivity contribution is 7.99. The summed E-state index contributed by atoms with van der Waals surface area (Å²) in [5, 5.41) is 16.2. The van der Waals surface area contributed by atoms with E-state index in [0.717, 1.165) is 22.8 Å². The molecule has 8 nitrogen and oxygen atoms in total. The van der Waals surface area contributed by atoms with Crippen LogP contribution in [-0.4, -0.2) is 36.3 Å². The van der Waals surface area contributed by atoms with Crippen molar-refractivity contribution in [3.05, 3.63) is 47.5 Å². The van der Waals surface area contributed by atoms with Gasteiger partial charge in [0, 0.05) is 5.41 Å². The standard InChI is InChI=1S/C19H25N7OS/c1-12-16(13(2)26(24-12)14-9-7-6-8-10-14)21-15(27)11-28-18-23-22-17(25(18)20)19(3,4)5/h6-10H,11,20H2,1-5H3,(H,21,27). The number of rotatable bonds is 5. The summed E-state index contributed by atoms with van der Waals surface area (Å²) in [4.78, 5) is 12.5. The van der Waals surface area contributed by atoms with E-state index in [1.165, 1.54) is 16.4 Å². The van der Waals surface area contributed by atoms with Crippen molar-refractivity contribution >= 4 is 23.4 Å². The summed E-state index contributed by atoms with van der Waals surface area (Å²) in [6.07, 6.45) is 0. The van der Waals surface area contributed by atoms with Crippen LogP contribution in [0.25, 0.3) is 5.69 Å². The molecule has 1 aromatic carbocycles. The van der Waals surface area contributed by atoms with Gasteiger partial charge in [-0.05, 0) is 26.0 Å². The molecule has 0 unspecified atom stereocenters. The normalized spacial score (nSPS) is 11.6. The molecule has 9 heteroatoms. The molecular weight excluding hydrogens is 374 g/mol. The first-order chi connectivity index (χ1) is 13.2. The Hall–Kier alpha value is -2.81. The Bertz CT molecular complexity index is 986. The molecule has 0 spiro atoms. The predicted molar refractivity (Wildman–Crippen MR) is 111 cm³/mol. The zero-order valence-corrected chi connectivity index (χ0v) is 17.5. The second-order valence-electron chi connectivity index (χ2n) is 7.56. The average molecular weight is 400 g/mol. The van der Waals surface area contributed by atoms with E-state index >= 15 is 0 Å². The number of carbonyl (C=O) groups excluding carboxylic acids is 1. The van der Waals surface area contributed by atoms with Crippen molar-refractivity contribution in [2.75, 3.05) is 16.9 Å². The number of hydrogen-bond acceptors (Lipinski definition) is 6. The first-order valence-electron chi connectivity index (χ1n) is 8.93. The molecule has 0 atom stereocenters. The average Bonchev–Trinajstić information content (AvgIpc) is 3.15. The fourth-order valence-corrected chi connectivity index (χ4v) is 3.49. The van der Waals surface area contributed by atoms with Crippen molar-refractivity contribution < 1.29 is 4.79 Å². The van der Waals surface area contributed by atoms with Crippen LogP contribution in [0.3, 0.4) is 0 Å². The third-order valence-corrected chi connectivity index (χ3v) is 5.17. The number of carbonyl (C=O) groups is 1. The molecule has 3 N–H and O–H groups in total. The highest BCUT2D eigenvalue weighted by atomic mass is 32.2. The number of nitrogens with one attached hydrogen (secondary N) is 1. The maximum atomic E-state index is 12.5. The highest BCUT2D eigenvalue weighted by Crippen LogP contribution is 2.25. The summed E-state index contributed by atoms with van der Waals surface area (Å²) in [6.45, 7) is 9.84. The van der Waals surface area contributed by atoms with Gasteiger partial charge < -0.3 is 11.2 Å². The van der Waals surface area contributed by atoms with Gasteiger partial charge in [0.25, 0.3) is 0 Å². The molecule has 28 heavy (non-hydrogen) atoms. The van der Waals surface area contributed by atoms with Crippen molar-refractivity contribution in [2.24, 2.45) is 0 Å². The number of nitrogens with two attached hydrogens (primary N) is 1. The maximum absolute atomic E-state index is 12.5. The molecule has 0 bridgehead atoms. The Morgan fingerprint density at radius 1 is 1.18 bits per heavy atom. The molecule has 0 fully saturated rings. The van der Waals surface area contributed by atoms with E-state index in [0.29, 0.717) is 11.0 Å². The summed E-state index contributed by atoms with van der Waals surface area (Å²) in [5.41, 5.74) is 3.09. The van der Waals surface area contributed by atoms with E-state index in [1.54, 1.807) is 0 Å². The summed E-state index contributed by atoms with van der Waals surface area (Å²) < 4.78 is 3.27. The Labute approximate surface area is 168 Å². The number of hydrogen-bond donors (Lipinski definition) is 2. The fourth-order valence-electron chi connectivity index (χ4n) is 2.84. The minimum Gasteiger partial charge on any atom is -0.336 e. The van der Waals surface area contributed by atoms with Crippen LogP contribution in [0.1, 0.15) is 38.0 Å². The number of amides is 1. The number of thioether (sulfide) groups is 1. The van der Waals surface area contributed by atoms with Gasteiger partial charge in [0.2, 0.25) is 11.1 Å². The van der Waals surface area contributed by atoms with Crippen molar-refractivity contribution in [2.45, 2.75) is 45.2 Å². The van der Waals surface area contributed by atoms with Gasteiger partial charge in [0.05, 0.1) is 28.5 Å². The third kappa shape index (κ3) is 4.04. The molecule has 0 aliphatic rings. The maximum Gasteiger partial charge on any atom is 0.234 e. The van der Waals surface area contributed by atoms with Crippen LogP contribution in [0.2, 0.25) is 0 Å². The molecule has 0 radical (unpaired) electrons. The van der Waals surface area contributed by atoms with Gasteiger partial charge in [-0.3, -0.25) is 4.79 Å². The van der Waals surface area contributed by atoms with Gasteiger partial charge in [-0.1, -0.05) is 50.7 Å². The van der Waals surface area contributed by atoms with Crippen LogP contribution in [0.4, 0.5) is 5.69 Å². The highest BCUT2D eigenvalue weighted by Gasteiger charge is 2.23. The molecular formula is C19H25N7OS. The lowest BCUT2D eigenvalue weighted by molar-refractivity contribution is -0.113. The SMILES string of the molecule is Cc1nn(-c2ccccc2)c(C)c1NC(=O)CSc1nnc(C(C)(C)C)n1N. The molecule has 0 aliphatic carbocycles. The van der Waals surface area contributed by atoms with Crippen LogP contribution in [0, 0.1) is 13.8 Å². The largest absolute Gasteiger partial charge is 0.336 e. The molecule has 1 amide bonds. The Morgan fingerprint density at radius 2 is 1.86 bits per heavy atom. The van der Waals surface area contributed by atoms with Gasteiger partial charge in [-0.2, -0.15) is 5.10 Å². The summed E-state index contributed by atoms with van der Waals surface area (Å²) in [6, 6.07) is 9.81. The number of nitrogen functional groups attached to an aromatic ring is 1. The van der Waals surface area contributed by atoms with Crippen LogP contribution in [0.15, 0.2) is 35.5 Å². The predicted octanol–water partition coefficient (Wildman–Crippen LogP) is 2.82. The minimum atomic E-state index is -0.219. The number of nitrogens with zero attached hydrogens (tertiary/aromatic N) is 5. The molecule has 3 rings (SSSR count). The smallest absolute Gasteiger partial charge is 0.234 e. The molecule has 148 valence electrons. The van der Waals surface area contributed by atoms with Crippen molar-refractivity contribution in [1.29, 1.82) is 0 Å². The zero-order valence-electron chi connectivity index (χ0n) is 16.7.